The van der Waals surface area contributed by atoms with Crippen molar-refractivity contribution < 1.29 is 27.5 Å². The van der Waals surface area contributed by atoms with E-state index < -0.39 is 15.9 Å². The monoisotopic (exact) mass is 463 g/mol. The second-order valence-corrected chi connectivity index (χ2v) is 8.72. The molecule has 0 saturated carbocycles. The third kappa shape index (κ3) is 7.77. The van der Waals surface area contributed by atoms with E-state index in [0.717, 1.165) is 11.8 Å². The summed E-state index contributed by atoms with van der Waals surface area (Å²) in [6.45, 7) is 6.46. The molecule has 0 fully saturated rings. The van der Waals surface area contributed by atoms with Crippen molar-refractivity contribution in [2.45, 2.75) is 27.2 Å². The Balaban J connectivity index is 2.14. The van der Waals surface area contributed by atoms with Gasteiger partial charge in [-0.2, -0.15) is 0 Å². The molecule has 2 aromatic rings. The molecule has 0 aliphatic rings. The molecule has 10 heteroatoms. The highest BCUT2D eigenvalue weighted by Gasteiger charge is 2.16. The van der Waals surface area contributed by atoms with Gasteiger partial charge in [-0.05, 0) is 56.2 Å². The number of rotatable bonds is 11. The molecule has 0 radical (unpaired) electrons. The molecule has 9 nitrogen and oxygen atoms in total. The number of hydrogen-bond acceptors (Lipinski definition) is 6. The smallest absolute Gasteiger partial charge is 0.253 e. The number of nitrogens with one attached hydrogen (secondary N) is 3. The Labute approximate surface area is 188 Å². The topological polar surface area (TPSA) is 123 Å². The SMILES string of the molecule is CCOc1ccc(CCNC(=O)c2cc(NC(C)=O)ccc2NS(C)(=O)=O)cc1OCC. The van der Waals surface area contributed by atoms with E-state index in [1.807, 2.05) is 32.0 Å². The first-order valence-electron chi connectivity index (χ1n) is 10.2. The second-order valence-electron chi connectivity index (χ2n) is 6.97. The molecule has 0 aromatic heterocycles. The average Bonchev–Trinajstić information content (AvgIpc) is 2.70. The highest BCUT2D eigenvalue weighted by molar-refractivity contribution is 7.92. The molecule has 0 atom stereocenters. The van der Waals surface area contributed by atoms with E-state index in [2.05, 4.69) is 15.4 Å². The quantitative estimate of drug-likeness (QED) is 0.471. The third-order valence-electron chi connectivity index (χ3n) is 4.19. The fraction of sp³-hybridized carbons (Fsp3) is 0.364. The number of benzene rings is 2. The Morgan fingerprint density at radius 2 is 1.66 bits per heavy atom. The zero-order valence-corrected chi connectivity index (χ0v) is 19.5. The molecule has 0 heterocycles. The van der Waals surface area contributed by atoms with Gasteiger partial charge in [0.25, 0.3) is 5.91 Å². The predicted molar refractivity (Wildman–Crippen MR) is 124 cm³/mol. The molecular formula is C22H29N3O6S. The number of carbonyl (C=O) groups excluding carboxylic acids is 2. The lowest BCUT2D eigenvalue weighted by Gasteiger charge is -2.14. The van der Waals surface area contributed by atoms with Crippen LogP contribution in [-0.4, -0.2) is 46.2 Å². The van der Waals surface area contributed by atoms with Crippen molar-refractivity contribution in [3.8, 4) is 11.5 Å². The molecule has 2 amide bonds. The zero-order chi connectivity index (χ0) is 23.7. The van der Waals surface area contributed by atoms with Crippen molar-refractivity contribution >= 4 is 33.2 Å². The molecule has 0 spiro atoms. The van der Waals surface area contributed by atoms with Gasteiger partial charge in [0.05, 0.1) is 30.7 Å². The largest absolute Gasteiger partial charge is 0.490 e. The number of ether oxygens (including phenoxy) is 2. The van der Waals surface area contributed by atoms with E-state index >= 15 is 0 Å². The molecular weight excluding hydrogens is 434 g/mol. The molecule has 0 aliphatic carbocycles. The van der Waals surface area contributed by atoms with Crippen LogP contribution in [0.3, 0.4) is 0 Å². The molecule has 32 heavy (non-hydrogen) atoms. The van der Waals surface area contributed by atoms with Gasteiger partial charge >= 0.3 is 0 Å². The third-order valence-corrected chi connectivity index (χ3v) is 4.78. The van der Waals surface area contributed by atoms with Crippen LogP contribution in [0.1, 0.15) is 36.7 Å². The van der Waals surface area contributed by atoms with Gasteiger partial charge in [-0.1, -0.05) is 6.07 Å². The van der Waals surface area contributed by atoms with Crippen LogP contribution in [0.2, 0.25) is 0 Å². The Kier molecular flexibility index (Phi) is 8.89. The van der Waals surface area contributed by atoms with Gasteiger partial charge in [-0.25, -0.2) is 8.42 Å². The first-order valence-corrected chi connectivity index (χ1v) is 12.1. The van der Waals surface area contributed by atoms with E-state index in [1.54, 1.807) is 0 Å². The molecule has 3 N–H and O–H groups in total. The summed E-state index contributed by atoms with van der Waals surface area (Å²) in [5.41, 5.74) is 1.55. The standard InChI is InChI=1S/C22H29N3O6S/c1-5-30-20-10-7-16(13-21(20)31-6-2)11-12-23-22(27)18-14-17(24-15(3)26)8-9-19(18)25-32(4,28)29/h7-10,13-14,25H,5-6,11-12H2,1-4H3,(H,23,27)(H,24,26). The summed E-state index contributed by atoms with van der Waals surface area (Å²) in [5, 5.41) is 5.37. The highest BCUT2D eigenvalue weighted by atomic mass is 32.2. The minimum absolute atomic E-state index is 0.100. The highest BCUT2D eigenvalue weighted by Crippen LogP contribution is 2.28. The number of sulfonamides is 1. The van der Waals surface area contributed by atoms with Gasteiger partial charge in [0.15, 0.2) is 11.5 Å². The first kappa shape index (κ1) is 25.0. The van der Waals surface area contributed by atoms with Gasteiger partial charge in [0, 0.05) is 19.2 Å². The van der Waals surface area contributed by atoms with Crippen LogP contribution < -0.4 is 24.8 Å². The van der Waals surface area contributed by atoms with E-state index in [1.165, 1.54) is 25.1 Å². The average molecular weight is 464 g/mol. The van der Waals surface area contributed by atoms with Gasteiger partial charge < -0.3 is 20.1 Å². The van der Waals surface area contributed by atoms with Gasteiger partial charge in [-0.3, -0.25) is 14.3 Å². The van der Waals surface area contributed by atoms with E-state index in [0.29, 0.717) is 43.4 Å². The number of hydrogen-bond donors (Lipinski definition) is 3. The van der Waals surface area contributed by atoms with Crippen molar-refractivity contribution in [1.82, 2.24) is 5.32 Å². The Bertz CT molecular complexity index is 1070. The maximum atomic E-state index is 12.8. The number of amides is 2. The Hall–Kier alpha value is -3.27. The molecule has 0 bridgehead atoms. The fourth-order valence-corrected chi connectivity index (χ4v) is 3.55. The summed E-state index contributed by atoms with van der Waals surface area (Å²) >= 11 is 0. The van der Waals surface area contributed by atoms with Crippen LogP contribution in [-0.2, 0) is 21.2 Å². The first-order chi connectivity index (χ1) is 15.1. The lowest BCUT2D eigenvalue weighted by Crippen LogP contribution is -2.27. The minimum Gasteiger partial charge on any atom is -0.490 e. The Morgan fingerprint density at radius 3 is 2.28 bits per heavy atom. The summed E-state index contributed by atoms with van der Waals surface area (Å²) in [4.78, 5) is 24.1. The molecule has 0 unspecified atom stereocenters. The van der Waals surface area contributed by atoms with Gasteiger partial charge in [0.2, 0.25) is 15.9 Å². The van der Waals surface area contributed by atoms with Crippen molar-refractivity contribution in [2.75, 3.05) is 36.1 Å². The lowest BCUT2D eigenvalue weighted by molar-refractivity contribution is -0.114. The van der Waals surface area contributed by atoms with E-state index in [-0.39, 0.29) is 17.2 Å². The molecule has 2 aromatic carbocycles. The number of anilines is 2. The lowest BCUT2D eigenvalue weighted by atomic mass is 10.1. The van der Waals surface area contributed by atoms with Crippen molar-refractivity contribution in [1.29, 1.82) is 0 Å². The van der Waals surface area contributed by atoms with Crippen molar-refractivity contribution in [3.63, 3.8) is 0 Å². The summed E-state index contributed by atoms with van der Waals surface area (Å²) in [6.07, 6.45) is 1.52. The molecule has 0 saturated heterocycles. The minimum atomic E-state index is -3.59. The van der Waals surface area contributed by atoms with Gasteiger partial charge in [-0.15, -0.1) is 0 Å². The summed E-state index contributed by atoms with van der Waals surface area (Å²) < 4.78 is 36.8. The normalized spacial score (nSPS) is 10.9. The van der Waals surface area contributed by atoms with Gasteiger partial charge in [0.1, 0.15) is 0 Å². The summed E-state index contributed by atoms with van der Waals surface area (Å²) in [5.74, 6) is 0.523. The van der Waals surface area contributed by atoms with Crippen LogP contribution >= 0.6 is 0 Å². The van der Waals surface area contributed by atoms with E-state index in [9.17, 15) is 18.0 Å². The Morgan fingerprint density at radius 1 is 0.969 bits per heavy atom. The molecule has 174 valence electrons. The van der Waals surface area contributed by atoms with Crippen LogP contribution in [0.15, 0.2) is 36.4 Å². The van der Waals surface area contributed by atoms with Crippen LogP contribution in [0, 0.1) is 0 Å². The predicted octanol–water partition coefficient (Wildman–Crippen LogP) is 2.79. The van der Waals surface area contributed by atoms with Crippen LogP contribution in [0.5, 0.6) is 11.5 Å². The van der Waals surface area contributed by atoms with Crippen LogP contribution in [0.25, 0.3) is 0 Å². The maximum Gasteiger partial charge on any atom is 0.253 e. The van der Waals surface area contributed by atoms with Crippen molar-refractivity contribution in [3.05, 3.63) is 47.5 Å². The molecule has 2 rings (SSSR count). The van der Waals surface area contributed by atoms with E-state index in [4.69, 9.17) is 9.47 Å². The van der Waals surface area contributed by atoms with Crippen LogP contribution in [0.4, 0.5) is 11.4 Å². The molecule has 0 aliphatic heterocycles. The maximum absolute atomic E-state index is 12.8. The zero-order valence-electron chi connectivity index (χ0n) is 18.7. The summed E-state index contributed by atoms with van der Waals surface area (Å²) in [7, 11) is -3.59. The fourth-order valence-electron chi connectivity index (χ4n) is 2.97. The van der Waals surface area contributed by atoms with Crippen molar-refractivity contribution in [2.24, 2.45) is 0 Å². The summed E-state index contributed by atoms with van der Waals surface area (Å²) in [6, 6.07) is 9.97. The number of carbonyl (C=O) groups is 2. The second kappa shape index (κ2) is 11.4.